The van der Waals surface area contributed by atoms with Gasteiger partial charge in [0.05, 0.1) is 11.5 Å². The second-order valence-electron chi connectivity index (χ2n) is 6.90. The van der Waals surface area contributed by atoms with Gasteiger partial charge in [0.1, 0.15) is 16.9 Å². The highest BCUT2D eigenvalue weighted by Gasteiger charge is 2.26. The van der Waals surface area contributed by atoms with E-state index < -0.39 is 51.3 Å². The fourth-order valence-corrected chi connectivity index (χ4v) is 3.25. The molecule has 0 atom stereocenters. The normalized spacial score (nSPS) is 10.6. The fourth-order valence-electron chi connectivity index (χ4n) is 3.08. The zero-order chi connectivity index (χ0) is 24.3. The summed E-state index contributed by atoms with van der Waals surface area (Å²) < 4.78 is 6.65. The average Bonchev–Trinajstić information content (AvgIpc) is 2.79. The van der Waals surface area contributed by atoms with Crippen LogP contribution in [-0.4, -0.2) is 32.4 Å². The number of hydrogen-bond acceptors (Lipinski definition) is 8. The number of rotatable bonds is 7. The van der Waals surface area contributed by atoms with Crippen LogP contribution in [0.5, 0.6) is 0 Å². The lowest BCUT2D eigenvalue weighted by Gasteiger charge is -2.14. The number of nitrogen functional groups attached to an aromatic ring is 1. The van der Waals surface area contributed by atoms with Gasteiger partial charge in [-0.05, 0) is 17.7 Å². The number of aromatic nitrogens is 2. The molecule has 0 saturated carbocycles. The Bertz CT molecular complexity index is 1380. The molecule has 3 aromatic rings. The predicted molar refractivity (Wildman–Crippen MR) is 119 cm³/mol. The van der Waals surface area contributed by atoms with Gasteiger partial charge >= 0.3 is 11.7 Å². The van der Waals surface area contributed by atoms with E-state index >= 15 is 0 Å². The first-order chi connectivity index (χ1) is 15.6. The molecule has 2 aromatic carbocycles. The molecule has 0 bridgehead atoms. The Hall–Kier alpha value is -4.25. The van der Waals surface area contributed by atoms with Crippen LogP contribution in [0.3, 0.4) is 0 Å². The second-order valence-corrected chi connectivity index (χ2v) is 7.33. The van der Waals surface area contributed by atoms with Crippen LogP contribution in [0.2, 0.25) is 5.02 Å². The zero-order valence-corrected chi connectivity index (χ0v) is 17.9. The smallest absolute Gasteiger partial charge is 0.345 e. The average molecular weight is 473 g/mol. The van der Waals surface area contributed by atoms with Crippen LogP contribution in [0.25, 0.3) is 0 Å². The maximum Gasteiger partial charge on any atom is 0.345 e. The quantitative estimate of drug-likeness (QED) is 0.236. The van der Waals surface area contributed by atoms with Crippen molar-refractivity contribution in [2.45, 2.75) is 6.54 Å². The summed E-state index contributed by atoms with van der Waals surface area (Å²) in [6.07, 6.45) is 0. The van der Waals surface area contributed by atoms with E-state index in [2.05, 4.69) is 0 Å². The van der Waals surface area contributed by atoms with E-state index in [0.717, 1.165) is 21.3 Å². The molecule has 12 heteroatoms. The van der Waals surface area contributed by atoms with Crippen molar-refractivity contribution in [1.29, 1.82) is 0 Å². The van der Waals surface area contributed by atoms with Crippen molar-refractivity contribution >= 4 is 34.9 Å². The molecule has 33 heavy (non-hydrogen) atoms. The van der Waals surface area contributed by atoms with Crippen molar-refractivity contribution in [3.05, 3.63) is 101 Å². The largest absolute Gasteiger partial charge is 0.453 e. The van der Waals surface area contributed by atoms with E-state index in [9.17, 15) is 29.3 Å². The number of nitrogens with two attached hydrogens (primary N) is 1. The highest BCUT2D eigenvalue weighted by Crippen LogP contribution is 2.23. The van der Waals surface area contributed by atoms with Gasteiger partial charge in [-0.2, -0.15) is 0 Å². The first-order valence-corrected chi connectivity index (χ1v) is 9.77. The van der Waals surface area contributed by atoms with E-state index in [-0.39, 0.29) is 17.4 Å². The molecule has 0 aliphatic rings. The Morgan fingerprint density at radius 2 is 1.82 bits per heavy atom. The number of carbonyl (C=O) groups is 2. The Kier molecular flexibility index (Phi) is 6.73. The molecular formula is C21H17ClN4O7. The van der Waals surface area contributed by atoms with Crippen molar-refractivity contribution in [3.63, 3.8) is 0 Å². The standard InChI is InChI=1S/C21H17ClN4O7/c1-24-19(28)17(18(23)25(21(24)30)10-12-5-3-2-4-6-12)16(27)11-33-20(29)14-9-13(22)7-8-15(14)26(31)32/h2-9H,10-11,23H2,1H3. The number of nitrogens with zero attached hydrogens (tertiary/aromatic N) is 3. The van der Waals surface area contributed by atoms with Crippen LogP contribution in [-0.2, 0) is 18.3 Å². The van der Waals surface area contributed by atoms with Gasteiger partial charge in [-0.3, -0.25) is 28.8 Å². The topological polar surface area (TPSA) is 157 Å². The van der Waals surface area contributed by atoms with Crippen molar-refractivity contribution in [3.8, 4) is 0 Å². The molecule has 0 saturated heterocycles. The molecule has 170 valence electrons. The first kappa shape index (κ1) is 23.4. The van der Waals surface area contributed by atoms with E-state index in [1.54, 1.807) is 30.3 Å². The molecule has 1 aromatic heterocycles. The Labute approximate surface area is 190 Å². The van der Waals surface area contributed by atoms with Crippen molar-refractivity contribution in [2.75, 3.05) is 12.3 Å². The molecule has 1 heterocycles. The van der Waals surface area contributed by atoms with E-state index in [1.807, 2.05) is 0 Å². The molecule has 0 amide bonds. The number of esters is 1. The van der Waals surface area contributed by atoms with Gasteiger partial charge in [-0.15, -0.1) is 0 Å². The summed E-state index contributed by atoms with van der Waals surface area (Å²) in [5, 5.41) is 11.2. The number of anilines is 1. The lowest BCUT2D eigenvalue weighted by Crippen LogP contribution is -2.43. The van der Waals surface area contributed by atoms with Gasteiger partial charge in [0, 0.05) is 18.1 Å². The van der Waals surface area contributed by atoms with Gasteiger partial charge < -0.3 is 10.5 Å². The highest BCUT2D eigenvalue weighted by atomic mass is 35.5. The Morgan fingerprint density at radius 1 is 1.15 bits per heavy atom. The molecule has 0 radical (unpaired) electrons. The van der Waals surface area contributed by atoms with Gasteiger partial charge in [-0.1, -0.05) is 41.9 Å². The number of carbonyl (C=O) groups excluding carboxylic acids is 2. The van der Waals surface area contributed by atoms with Crippen LogP contribution in [0.1, 0.15) is 26.3 Å². The first-order valence-electron chi connectivity index (χ1n) is 9.39. The van der Waals surface area contributed by atoms with Gasteiger partial charge in [-0.25, -0.2) is 9.59 Å². The lowest BCUT2D eigenvalue weighted by molar-refractivity contribution is -0.385. The number of ketones is 1. The van der Waals surface area contributed by atoms with Crippen molar-refractivity contribution in [1.82, 2.24) is 9.13 Å². The summed E-state index contributed by atoms with van der Waals surface area (Å²) in [6.45, 7) is -0.945. The summed E-state index contributed by atoms with van der Waals surface area (Å²) in [4.78, 5) is 60.5. The highest BCUT2D eigenvalue weighted by molar-refractivity contribution is 6.31. The van der Waals surface area contributed by atoms with Crippen LogP contribution in [0.15, 0.2) is 58.1 Å². The van der Waals surface area contributed by atoms with Gasteiger partial charge in [0.15, 0.2) is 6.61 Å². The number of nitro groups is 1. The minimum Gasteiger partial charge on any atom is -0.453 e. The van der Waals surface area contributed by atoms with Crippen LogP contribution in [0, 0.1) is 10.1 Å². The molecule has 3 rings (SSSR count). The van der Waals surface area contributed by atoms with Gasteiger partial charge in [0.2, 0.25) is 5.78 Å². The Morgan fingerprint density at radius 3 is 2.45 bits per heavy atom. The maximum atomic E-state index is 12.7. The number of Topliss-reactive ketones (excluding diaryl/α,β-unsaturated/α-hetero) is 1. The summed E-state index contributed by atoms with van der Waals surface area (Å²) in [6, 6.07) is 12.0. The second kappa shape index (κ2) is 9.49. The van der Waals surface area contributed by atoms with Gasteiger partial charge in [0.25, 0.3) is 11.2 Å². The molecular weight excluding hydrogens is 456 g/mol. The van der Waals surface area contributed by atoms with Crippen molar-refractivity contribution < 1.29 is 19.2 Å². The predicted octanol–water partition coefficient (Wildman–Crippen LogP) is 1.78. The van der Waals surface area contributed by atoms with E-state index in [4.69, 9.17) is 22.1 Å². The molecule has 0 aliphatic carbocycles. The minimum atomic E-state index is -1.19. The number of hydrogen-bond donors (Lipinski definition) is 1. The molecule has 11 nitrogen and oxygen atoms in total. The summed E-state index contributed by atoms with van der Waals surface area (Å²) in [7, 11) is 1.18. The molecule has 0 spiro atoms. The van der Waals surface area contributed by atoms with Crippen molar-refractivity contribution in [2.24, 2.45) is 7.05 Å². The third-order valence-corrected chi connectivity index (χ3v) is 4.99. The maximum absolute atomic E-state index is 12.7. The SMILES string of the molecule is Cn1c(=O)c(C(=O)COC(=O)c2cc(Cl)ccc2[N+](=O)[O-])c(N)n(Cc2ccccc2)c1=O. The number of halogens is 1. The monoisotopic (exact) mass is 472 g/mol. The third-order valence-electron chi connectivity index (χ3n) is 4.76. The van der Waals surface area contributed by atoms with Crippen LogP contribution < -0.4 is 17.0 Å². The minimum absolute atomic E-state index is 0.00555. The number of ether oxygens (including phenoxy) is 1. The van der Waals surface area contributed by atoms with Crippen LogP contribution >= 0.6 is 11.6 Å². The Balaban J connectivity index is 1.91. The lowest BCUT2D eigenvalue weighted by atomic mass is 10.1. The fraction of sp³-hybridized carbons (Fsp3) is 0.143. The summed E-state index contributed by atoms with van der Waals surface area (Å²) in [5.41, 5.74) is 3.42. The number of benzene rings is 2. The third kappa shape index (κ3) is 4.83. The molecule has 2 N–H and O–H groups in total. The summed E-state index contributed by atoms with van der Waals surface area (Å²) >= 11 is 5.79. The van der Waals surface area contributed by atoms with Crippen LogP contribution in [0.4, 0.5) is 11.5 Å². The van der Waals surface area contributed by atoms with E-state index in [0.29, 0.717) is 5.56 Å². The molecule has 0 unspecified atom stereocenters. The number of nitro benzene ring substituents is 1. The molecule has 0 aliphatic heterocycles. The molecule has 0 fully saturated rings. The summed E-state index contributed by atoms with van der Waals surface area (Å²) in [5.74, 6) is -2.56. The zero-order valence-electron chi connectivity index (χ0n) is 17.2. The van der Waals surface area contributed by atoms with E-state index in [1.165, 1.54) is 13.1 Å².